The van der Waals surface area contributed by atoms with Gasteiger partial charge >= 0.3 is 0 Å². The van der Waals surface area contributed by atoms with E-state index < -0.39 is 0 Å². The van der Waals surface area contributed by atoms with Crippen LogP contribution < -0.4 is 5.32 Å². The van der Waals surface area contributed by atoms with E-state index in [2.05, 4.69) is 24.0 Å². The summed E-state index contributed by atoms with van der Waals surface area (Å²) in [5.74, 6) is 0.354. The summed E-state index contributed by atoms with van der Waals surface area (Å²) in [6, 6.07) is 0. The highest BCUT2D eigenvalue weighted by Crippen LogP contribution is 2.19. The van der Waals surface area contributed by atoms with Crippen LogP contribution >= 0.6 is 12.6 Å². The van der Waals surface area contributed by atoms with E-state index >= 15 is 0 Å². The van der Waals surface area contributed by atoms with Crippen molar-refractivity contribution in [2.75, 3.05) is 6.54 Å². The molecule has 1 amide bonds. The van der Waals surface area contributed by atoms with Crippen molar-refractivity contribution in [3.63, 3.8) is 0 Å². The van der Waals surface area contributed by atoms with Gasteiger partial charge in [-0.25, -0.2) is 0 Å². The van der Waals surface area contributed by atoms with Crippen LogP contribution in [0.3, 0.4) is 0 Å². The Hall–Kier alpha value is -0.440. The average molecular weight is 241 g/mol. The molecular weight excluding hydrogens is 218 g/mol. The highest BCUT2D eigenvalue weighted by Gasteiger charge is 2.16. The molecule has 3 heteroatoms. The summed E-state index contributed by atoms with van der Waals surface area (Å²) in [6.07, 6.45) is 8.39. The van der Waals surface area contributed by atoms with Crippen LogP contribution in [0.2, 0.25) is 0 Å². The molecule has 1 rings (SSSR count). The second kappa shape index (κ2) is 7.00. The van der Waals surface area contributed by atoms with Crippen molar-refractivity contribution >= 4 is 18.5 Å². The largest absolute Gasteiger partial charge is 0.355 e. The molecule has 0 aromatic rings. The van der Waals surface area contributed by atoms with E-state index in [1.54, 1.807) is 0 Å². The Bertz CT molecular complexity index is 261. The number of nitrogens with one attached hydrogen (secondary N) is 1. The fourth-order valence-corrected chi connectivity index (χ4v) is 1.98. The van der Waals surface area contributed by atoms with Gasteiger partial charge in [0.2, 0.25) is 5.91 Å². The summed E-state index contributed by atoms with van der Waals surface area (Å²) in [4.78, 5) is 11.6. The number of rotatable bonds is 5. The van der Waals surface area contributed by atoms with Gasteiger partial charge in [-0.3, -0.25) is 4.79 Å². The monoisotopic (exact) mass is 241 g/mol. The molecule has 0 aromatic heterocycles. The molecule has 2 nitrogen and oxygen atoms in total. The predicted octanol–water partition coefficient (Wildman–Crippen LogP) is 2.95. The van der Waals surface area contributed by atoms with Crippen molar-refractivity contribution in [3.05, 3.63) is 11.6 Å². The van der Waals surface area contributed by atoms with Crippen molar-refractivity contribution < 1.29 is 4.79 Å². The van der Waals surface area contributed by atoms with E-state index in [1.807, 2.05) is 13.8 Å². The second-order valence-corrected chi connectivity index (χ2v) is 5.39. The van der Waals surface area contributed by atoms with Gasteiger partial charge in [-0.1, -0.05) is 25.5 Å². The molecule has 1 atom stereocenters. The molecule has 0 bridgehead atoms. The molecule has 0 aromatic carbocycles. The molecule has 0 radical (unpaired) electrons. The van der Waals surface area contributed by atoms with Gasteiger partial charge in [-0.05, 0) is 38.0 Å². The zero-order valence-electron chi connectivity index (χ0n) is 10.3. The van der Waals surface area contributed by atoms with Gasteiger partial charge in [0.25, 0.3) is 0 Å². The molecule has 1 unspecified atom stereocenters. The number of hydrogen-bond donors (Lipinski definition) is 2. The van der Waals surface area contributed by atoms with Crippen molar-refractivity contribution in [2.45, 2.75) is 51.2 Å². The molecule has 0 aliphatic heterocycles. The van der Waals surface area contributed by atoms with E-state index in [-0.39, 0.29) is 17.1 Å². The number of carbonyl (C=O) groups excluding carboxylic acids is 1. The summed E-state index contributed by atoms with van der Waals surface area (Å²) in [6.45, 7) is 4.79. The number of carbonyl (C=O) groups is 1. The van der Waals surface area contributed by atoms with Gasteiger partial charge in [0.05, 0.1) is 5.25 Å². The Kier molecular flexibility index (Phi) is 5.96. The van der Waals surface area contributed by atoms with Crippen LogP contribution in [0.25, 0.3) is 0 Å². The van der Waals surface area contributed by atoms with Crippen LogP contribution in [0, 0.1) is 5.92 Å². The smallest absolute Gasteiger partial charge is 0.233 e. The Morgan fingerprint density at radius 3 is 2.81 bits per heavy atom. The quantitative estimate of drug-likeness (QED) is 0.562. The molecule has 0 saturated carbocycles. The Balaban J connectivity index is 2.19. The lowest BCUT2D eigenvalue weighted by Crippen LogP contribution is -2.35. The molecule has 0 fully saturated rings. The van der Waals surface area contributed by atoms with Crippen LogP contribution in [0.1, 0.15) is 46.0 Å². The first-order chi connectivity index (χ1) is 7.61. The van der Waals surface area contributed by atoms with Crippen LogP contribution in [0.4, 0.5) is 0 Å². The lowest BCUT2D eigenvalue weighted by molar-refractivity contribution is -0.121. The standard InChI is InChI=1S/C13H23NOS/c1-10(2)12(16)13(15)14-9-8-11-6-4-3-5-7-11/h6,10,12,16H,3-5,7-9H2,1-2H3,(H,14,15). The number of thiol groups is 1. The van der Waals surface area contributed by atoms with Gasteiger partial charge in [0, 0.05) is 6.54 Å². The first kappa shape index (κ1) is 13.6. The van der Waals surface area contributed by atoms with E-state index in [4.69, 9.17) is 0 Å². The molecule has 92 valence electrons. The van der Waals surface area contributed by atoms with Gasteiger partial charge in [-0.15, -0.1) is 0 Å². The number of amides is 1. The Labute approximate surface area is 104 Å². The lowest BCUT2D eigenvalue weighted by Gasteiger charge is -2.16. The minimum atomic E-state index is -0.180. The molecule has 1 aliphatic rings. The van der Waals surface area contributed by atoms with E-state index in [0.717, 1.165) is 13.0 Å². The summed E-state index contributed by atoms with van der Waals surface area (Å²) in [5, 5.41) is 2.77. The molecule has 0 saturated heterocycles. The van der Waals surface area contributed by atoms with Crippen LogP contribution in [0.15, 0.2) is 11.6 Å². The van der Waals surface area contributed by atoms with E-state index in [9.17, 15) is 4.79 Å². The number of allylic oxidation sites excluding steroid dienone is 1. The van der Waals surface area contributed by atoms with Crippen LogP contribution in [0.5, 0.6) is 0 Å². The van der Waals surface area contributed by atoms with E-state index in [0.29, 0.717) is 0 Å². The number of hydrogen-bond acceptors (Lipinski definition) is 2. The van der Waals surface area contributed by atoms with Gasteiger partial charge in [0.1, 0.15) is 0 Å². The Morgan fingerprint density at radius 1 is 1.50 bits per heavy atom. The van der Waals surface area contributed by atoms with Gasteiger partial charge in [-0.2, -0.15) is 12.6 Å². The SMILES string of the molecule is CC(C)C(S)C(=O)NCCC1=CCCCC1. The average Bonchev–Trinajstić information content (AvgIpc) is 2.29. The highest BCUT2D eigenvalue weighted by atomic mass is 32.1. The highest BCUT2D eigenvalue weighted by molar-refractivity contribution is 7.81. The summed E-state index contributed by atoms with van der Waals surface area (Å²) < 4.78 is 0. The topological polar surface area (TPSA) is 29.1 Å². The first-order valence-electron chi connectivity index (χ1n) is 6.25. The molecule has 16 heavy (non-hydrogen) atoms. The molecule has 1 N–H and O–H groups in total. The Morgan fingerprint density at radius 2 is 2.25 bits per heavy atom. The summed E-state index contributed by atoms with van der Waals surface area (Å²) in [7, 11) is 0. The fourth-order valence-electron chi connectivity index (χ4n) is 1.89. The fraction of sp³-hybridized carbons (Fsp3) is 0.769. The van der Waals surface area contributed by atoms with Gasteiger partial charge < -0.3 is 5.32 Å². The van der Waals surface area contributed by atoms with Crippen LogP contribution in [-0.2, 0) is 4.79 Å². The molecule has 1 aliphatic carbocycles. The van der Waals surface area contributed by atoms with Gasteiger partial charge in [0.15, 0.2) is 0 Å². The minimum Gasteiger partial charge on any atom is -0.355 e. The first-order valence-corrected chi connectivity index (χ1v) is 6.76. The van der Waals surface area contributed by atoms with Crippen molar-refractivity contribution in [1.29, 1.82) is 0 Å². The second-order valence-electron chi connectivity index (χ2n) is 4.84. The summed E-state index contributed by atoms with van der Waals surface area (Å²) in [5.41, 5.74) is 1.51. The molecule has 0 heterocycles. The maximum Gasteiger partial charge on any atom is 0.233 e. The maximum absolute atomic E-state index is 11.6. The minimum absolute atomic E-state index is 0.0646. The zero-order chi connectivity index (χ0) is 12.0. The summed E-state index contributed by atoms with van der Waals surface area (Å²) >= 11 is 4.29. The third-order valence-corrected chi connectivity index (χ3v) is 3.86. The normalized spacial score (nSPS) is 18.1. The maximum atomic E-state index is 11.6. The van der Waals surface area contributed by atoms with E-state index in [1.165, 1.54) is 31.3 Å². The van der Waals surface area contributed by atoms with Crippen molar-refractivity contribution in [1.82, 2.24) is 5.32 Å². The zero-order valence-corrected chi connectivity index (χ0v) is 11.2. The van der Waals surface area contributed by atoms with Crippen LogP contribution in [-0.4, -0.2) is 17.7 Å². The molecule has 0 spiro atoms. The third-order valence-electron chi connectivity index (χ3n) is 3.03. The lowest BCUT2D eigenvalue weighted by atomic mass is 9.97. The molecular formula is C13H23NOS. The van der Waals surface area contributed by atoms with Crippen molar-refractivity contribution in [3.8, 4) is 0 Å². The predicted molar refractivity (Wildman–Crippen MR) is 71.8 cm³/mol. The third kappa shape index (κ3) is 4.60. The van der Waals surface area contributed by atoms with Crippen molar-refractivity contribution in [2.24, 2.45) is 5.92 Å².